The molecule has 1 aliphatic rings. The normalized spacial score (nSPS) is 21.3. The fourth-order valence-corrected chi connectivity index (χ4v) is 3.88. The molecule has 0 unspecified atom stereocenters. The molecule has 0 radical (unpaired) electrons. The van der Waals surface area contributed by atoms with Crippen molar-refractivity contribution in [2.45, 2.75) is 37.6 Å². The summed E-state index contributed by atoms with van der Waals surface area (Å²) >= 11 is 1.70. The molecule has 2 N–H and O–H groups in total. The van der Waals surface area contributed by atoms with E-state index in [9.17, 15) is 4.79 Å². The number of thiazole rings is 1. The number of amides is 1. The van der Waals surface area contributed by atoms with Crippen LogP contribution < -0.4 is 5.32 Å². The van der Waals surface area contributed by atoms with E-state index in [-0.39, 0.29) is 6.04 Å². The second-order valence-corrected chi connectivity index (χ2v) is 6.39. The van der Waals surface area contributed by atoms with E-state index in [2.05, 4.69) is 22.8 Å². The van der Waals surface area contributed by atoms with Crippen LogP contribution in [0.25, 0.3) is 0 Å². The lowest BCUT2D eigenvalue weighted by Gasteiger charge is -2.09. The van der Waals surface area contributed by atoms with Gasteiger partial charge in [0.05, 0.1) is 10.7 Å². The third-order valence-corrected chi connectivity index (χ3v) is 4.96. The highest BCUT2D eigenvalue weighted by Gasteiger charge is 2.28. The van der Waals surface area contributed by atoms with E-state index in [1.54, 1.807) is 11.3 Å². The van der Waals surface area contributed by atoms with Crippen LogP contribution in [0.4, 0.5) is 4.79 Å². The van der Waals surface area contributed by atoms with Crippen LogP contribution in [-0.2, 0) is 6.42 Å². The zero-order valence-electron chi connectivity index (χ0n) is 11.7. The molecule has 21 heavy (non-hydrogen) atoms. The monoisotopic (exact) mass is 302 g/mol. The van der Waals surface area contributed by atoms with Crippen molar-refractivity contribution in [1.82, 2.24) is 10.3 Å². The molecule has 0 aliphatic heterocycles. The maximum atomic E-state index is 10.7. The highest BCUT2D eigenvalue weighted by molar-refractivity contribution is 7.09. The van der Waals surface area contributed by atoms with Gasteiger partial charge < -0.3 is 10.4 Å². The highest BCUT2D eigenvalue weighted by atomic mass is 32.1. The van der Waals surface area contributed by atoms with Crippen molar-refractivity contribution in [3.05, 3.63) is 52.0 Å². The topological polar surface area (TPSA) is 62.2 Å². The molecule has 3 rings (SSSR count). The first-order valence-corrected chi connectivity index (χ1v) is 8.06. The average Bonchev–Trinajstić information content (AvgIpc) is 3.08. The van der Waals surface area contributed by atoms with Gasteiger partial charge in [-0.2, -0.15) is 0 Å². The summed E-state index contributed by atoms with van der Waals surface area (Å²) < 4.78 is 0. The van der Waals surface area contributed by atoms with Crippen LogP contribution in [0.1, 0.15) is 41.4 Å². The summed E-state index contributed by atoms with van der Waals surface area (Å²) in [6.07, 6.45) is 2.73. The number of carboxylic acid groups (broad SMARTS) is 1. The summed E-state index contributed by atoms with van der Waals surface area (Å²) in [7, 11) is 0. The smallest absolute Gasteiger partial charge is 0.404 e. The summed E-state index contributed by atoms with van der Waals surface area (Å²) in [5.74, 6) is 0.399. The molecule has 1 aliphatic carbocycles. The Morgan fingerprint density at radius 3 is 2.90 bits per heavy atom. The number of hydrogen-bond donors (Lipinski definition) is 2. The van der Waals surface area contributed by atoms with Gasteiger partial charge in [0.15, 0.2) is 0 Å². The van der Waals surface area contributed by atoms with Crippen LogP contribution >= 0.6 is 11.3 Å². The maximum absolute atomic E-state index is 10.7. The number of rotatable bonds is 4. The zero-order chi connectivity index (χ0) is 14.7. The van der Waals surface area contributed by atoms with Crippen LogP contribution in [0.2, 0.25) is 0 Å². The van der Waals surface area contributed by atoms with E-state index < -0.39 is 6.09 Å². The molecule has 0 bridgehead atoms. The van der Waals surface area contributed by atoms with Gasteiger partial charge in [0.25, 0.3) is 0 Å². The van der Waals surface area contributed by atoms with Crippen molar-refractivity contribution < 1.29 is 9.90 Å². The van der Waals surface area contributed by atoms with Gasteiger partial charge in [0, 0.05) is 23.8 Å². The molecule has 0 spiro atoms. The van der Waals surface area contributed by atoms with E-state index in [0.29, 0.717) is 5.92 Å². The number of nitrogens with zero attached hydrogens (tertiary/aromatic N) is 1. The molecule has 1 heterocycles. The number of hydrogen-bond acceptors (Lipinski definition) is 3. The number of carbonyl (C=O) groups is 1. The quantitative estimate of drug-likeness (QED) is 0.906. The predicted molar refractivity (Wildman–Crippen MR) is 82.9 cm³/mol. The summed E-state index contributed by atoms with van der Waals surface area (Å²) in [6, 6.07) is 10.4. The van der Waals surface area contributed by atoms with Crippen LogP contribution in [0, 0.1) is 0 Å². The minimum atomic E-state index is -0.926. The molecule has 5 heteroatoms. The lowest BCUT2D eigenvalue weighted by atomic mass is 10.1. The van der Waals surface area contributed by atoms with Crippen molar-refractivity contribution in [3.8, 4) is 0 Å². The summed E-state index contributed by atoms with van der Waals surface area (Å²) in [4.78, 5) is 15.4. The predicted octanol–water partition coefficient (Wildman–Crippen LogP) is 3.64. The second-order valence-electron chi connectivity index (χ2n) is 5.50. The largest absolute Gasteiger partial charge is 0.465 e. The molecule has 1 aromatic carbocycles. The molecule has 1 aromatic heterocycles. The van der Waals surface area contributed by atoms with Crippen molar-refractivity contribution in [3.63, 3.8) is 0 Å². The first-order valence-electron chi connectivity index (χ1n) is 7.18. The Bertz CT molecular complexity index is 612. The van der Waals surface area contributed by atoms with Crippen LogP contribution in [0.15, 0.2) is 35.7 Å². The Labute approximate surface area is 127 Å². The Morgan fingerprint density at radius 1 is 1.33 bits per heavy atom. The zero-order valence-corrected chi connectivity index (χ0v) is 12.5. The third kappa shape index (κ3) is 3.61. The minimum absolute atomic E-state index is 0.0778. The number of nitrogens with one attached hydrogen (secondary N) is 1. The fourth-order valence-electron chi connectivity index (χ4n) is 2.91. The van der Waals surface area contributed by atoms with Gasteiger partial charge in [0.2, 0.25) is 0 Å². The van der Waals surface area contributed by atoms with Gasteiger partial charge >= 0.3 is 6.09 Å². The maximum Gasteiger partial charge on any atom is 0.404 e. The van der Waals surface area contributed by atoms with E-state index >= 15 is 0 Å². The summed E-state index contributed by atoms with van der Waals surface area (Å²) in [5.41, 5.74) is 2.38. The van der Waals surface area contributed by atoms with E-state index in [4.69, 9.17) is 10.1 Å². The second kappa shape index (κ2) is 6.26. The van der Waals surface area contributed by atoms with E-state index in [1.165, 1.54) is 5.56 Å². The van der Waals surface area contributed by atoms with Gasteiger partial charge in [-0.05, 0) is 24.8 Å². The van der Waals surface area contributed by atoms with Crippen molar-refractivity contribution in [1.29, 1.82) is 0 Å². The van der Waals surface area contributed by atoms with Crippen LogP contribution in [0.3, 0.4) is 0 Å². The SMILES string of the molecule is O=C(O)N[C@H]1CC[C@@H](c2nc(Cc3ccccc3)cs2)C1. The molecule has 0 saturated heterocycles. The highest BCUT2D eigenvalue weighted by Crippen LogP contribution is 2.36. The molecule has 110 valence electrons. The van der Waals surface area contributed by atoms with Gasteiger partial charge in [-0.1, -0.05) is 30.3 Å². The molecule has 2 atom stereocenters. The lowest BCUT2D eigenvalue weighted by molar-refractivity contribution is 0.190. The van der Waals surface area contributed by atoms with Gasteiger partial charge in [-0.25, -0.2) is 9.78 Å². The van der Waals surface area contributed by atoms with Crippen molar-refractivity contribution in [2.75, 3.05) is 0 Å². The molecule has 2 aromatic rings. The average molecular weight is 302 g/mol. The summed E-state index contributed by atoms with van der Waals surface area (Å²) in [5, 5.41) is 14.6. The van der Waals surface area contributed by atoms with E-state index in [0.717, 1.165) is 36.4 Å². The minimum Gasteiger partial charge on any atom is -0.465 e. The Hall–Kier alpha value is -1.88. The van der Waals surface area contributed by atoms with Gasteiger partial charge in [-0.3, -0.25) is 0 Å². The van der Waals surface area contributed by atoms with Crippen molar-refractivity contribution in [2.24, 2.45) is 0 Å². The third-order valence-electron chi connectivity index (χ3n) is 3.91. The standard InChI is InChI=1S/C16H18N2O2S/c19-16(20)18-13-7-6-12(9-13)15-17-14(10-21-15)8-11-4-2-1-3-5-11/h1-5,10,12-13,18H,6-9H2,(H,19,20)/t12-,13+/m1/s1. The molecule has 1 saturated carbocycles. The van der Waals surface area contributed by atoms with E-state index in [1.807, 2.05) is 18.2 Å². The molecule has 4 nitrogen and oxygen atoms in total. The summed E-state index contributed by atoms with van der Waals surface area (Å²) in [6.45, 7) is 0. The molecule has 1 fully saturated rings. The first kappa shape index (κ1) is 14.1. The Kier molecular flexibility index (Phi) is 4.20. The first-order chi connectivity index (χ1) is 10.2. The van der Waals surface area contributed by atoms with Crippen molar-refractivity contribution >= 4 is 17.4 Å². The molecular weight excluding hydrogens is 284 g/mol. The fraction of sp³-hybridized carbons (Fsp3) is 0.375. The van der Waals surface area contributed by atoms with Crippen LogP contribution in [0.5, 0.6) is 0 Å². The Balaban J connectivity index is 1.62. The van der Waals surface area contributed by atoms with Crippen LogP contribution in [-0.4, -0.2) is 22.2 Å². The number of aromatic nitrogens is 1. The lowest BCUT2D eigenvalue weighted by Crippen LogP contribution is -2.31. The Morgan fingerprint density at radius 2 is 2.14 bits per heavy atom. The number of benzene rings is 1. The van der Waals surface area contributed by atoms with Gasteiger partial charge in [-0.15, -0.1) is 11.3 Å². The molecular formula is C16H18N2O2S. The van der Waals surface area contributed by atoms with Gasteiger partial charge in [0.1, 0.15) is 0 Å². The molecule has 1 amide bonds.